The second-order valence-electron chi connectivity index (χ2n) is 5.74. The molecule has 1 heterocycles. The standard InChI is InChI=1S/C13H19NO4/c1-7(2)5-10(13(17)18)14-11(15)8-3-4-9(6-8)12(14)16/h7-10H,3-6H2,1-2H3,(H,17,18). The predicted octanol–water partition coefficient (Wildman–Crippen LogP) is 1.27. The minimum atomic E-state index is -1.08. The molecule has 3 unspecified atom stereocenters. The molecule has 0 aromatic rings. The normalized spacial score (nSPS) is 28.9. The van der Waals surface area contributed by atoms with Crippen molar-refractivity contribution in [2.45, 2.75) is 45.6 Å². The van der Waals surface area contributed by atoms with Gasteiger partial charge >= 0.3 is 5.97 Å². The maximum Gasteiger partial charge on any atom is 0.326 e. The largest absolute Gasteiger partial charge is 0.480 e. The molecule has 0 radical (unpaired) electrons. The minimum Gasteiger partial charge on any atom is -0.480 e. The van der Waals surface area contributed by atoms with E-state index in [1.165, 1.54) is 0 Å². The van der Waals surface area contributed by atoms with Gasteiger partial charge in [0.15, 0.2) is 0 Å². The molecule has 5 heteroatoms. The van der Waals surface area contributed by atoms with Crippen LogP contribution in [0.15, 0.2) is 0 Å². The lowest BCUT2D eigenvalue weighted by molar-refractivity contribution is -0.164. The number of carbonyl (C=O) groups is 3. The van der Waals surface area contributed by atoms with E-state index in [-0.39, 0.29) is 29.6 Å². The summed E-state index contributed by atoms with van der Waals surface area (Å²) in [6.07, 6.45) is 2.38. The molecule has 0 aromatic heterocycles. The molecule has 2 fully saturated rings. The van der Waals surface area contributed by atoms with E-state index in [2.05, 4.69) is 0 Å². The first kappa shape index (κ1) is 13.1. The number of carbonyl (C=O) groups excluding carboxylic acids is 2. The van der Waals surface area contributed by atoms with Crippen LogP contribution in [0.25, 0.3) is 0 Å². The summed E-state index contributed by atoms with van der Waals surface area (Å²) < 4.78 is 0. The Hall–Kier alpha value is -1.39. The van der Waals surface area contributed by atoms with E-state index in [9.17, 15) is 19.5 Å². The molecule has 1 saturated carbocycles. The number of hydrogen-bond acceptors (Lipinski definition) is 3. The molecule has 1 saturated heterocycles. The van der Waals surface area contributed by atoms with Crippen molar-refractivity contribution in [3.63, 3.8) is 0 Å². The predicted molar refractivity (Wildman–Crippen MR) is 63.6 cm³/mol. The van der Waals surface area contributed by atoms with Crippen LogP contribution in [-0.4, -0.2) is 33.8 Å². The van der Waals surface area contributed by atoms with Gasteiger partial charge in [-0.1, -0.05) is 13.8 Å². The van der Waals surface area contributed by atoms with Gasteiger partial charge in [-0.2, -0.15) is 0 Å². The number of piperidine rings is 1. The Balaban J connectivity index is 2.25. The number of amides is 2. The topological polar surface area (TPSA) is 74.7 Å². The molecule has 0 spiro atoms. The molecule has 2 rings (SSSR count). The van der Waals surface area contributed by atoms with E-state index in [0.29, 0.717) is 12.8 Å². The second kappa shape index (κ2) is 4.71. The number of hydrogen-bond donors (Lipinski definition) is 1. The Morgan fingerprint density at radius 1 is 1.28 bits per heavy atom. The number of aliphatic carboxylic acids is 1. The Labute approximate surface area is 106 Å². The lowest BCUT2D eigenvalue weighted by Gasteiger charge is -2.34. The van der Waals surface area contributed by atoms with Crippen LogP contribution < -0.4 is 0 Å². The van der Waals surface area contributed by atoms with Crippen LogP contribution in [0, 0.1) is 17.8 Å². The molecule has 2 aliphatic rings. The van der Waals surface area contributed by atoms with Crippen molar-refractivity contribution in [3.8, 4) is 0 Å². The summed E-state index contributed by atoms with van der Waals surface area (Å²) in [5, 5.41) is 9.26. The summed E-state index contributed by atoms with van der Waals surface area (Å²) in [7, 11) is 0. The second-order valence-corrected chi connectivity index (χ2v) is 5.74. The van der Waals surface area contributed by atoms with E-state index in [1.54, 1.807) is 0 Å². The van der Waals surface area contributed by atoms with Crippen molar-refractivity contribution >= 4 is 17.8 Å². The molecule has 18 heavy (non-hydrogen) atoms. The molecule has 100 valence electrons. The summed E-state index contributed by atoms with van der Waals surface area (Å²) in [5.41, 5.74) is 0. The van der Waals surface area contributed by atoms with Crippen molar-refractivity contribution in [1.82, 2.24) is 4.90 Å². The van der Waals surface area contributed by atoms with Gasteiger partial charge in [0, 0.05) is 11.8 Å². The van der Waals surface area contributed by atoms with E-state index >= 15 is 0 Å². The van der Waals surface area contributed by atoms with Gasteiger partial charge in [0.2, 0.25) is 11.8 Å². The SMILES string of the molecule is CC(C)CC(C(=O)O)N1C(=O)C2CCC(C2)C1=O. The van der Waals surface area contributed by atoms with E-state index in [0.717, 1.165) is 17.7 Å². The summed E-state index contributed by atoms with van der Waals surface area (Å²) in [5.74, 6) is -1.77. The van der Waals surface area contributed by atoms with Crippen LogP contribution in [0.2, 0.25) is 0 Å². The zero-order chi connectivity index (χ0) is 13.4. The van der Waals surface area contributed by atoms with Crippen LogP contribution in [0.3, 0.4) is 0 Å². The number of likely N-dealkylation sites (tertiary alicyclic amines) is 1. The number of rotatable bonds is 4. The lowest BCUT2D eigenvalue weighted by Crippen LogP contribution is -2.54. The van der Waals surface area contributed by atoms with Gasteiger partial charge in [0.25, 0.3) is 0 Å². The number of carboxylic acids is 1. The Morgan fingerprint density at radius 2 is 1.78 bits per heavy atom. The maximum atomic E-state index is 12.2. The highest BCUT2D eigenvalue weighted by Crippen LogP contribution is 2.39. The van der Waals surface area contributed by atoms with Crippen molar-refractivity contribution < 1.29 is 19.5 Å². The molecule has 1 aliphatic heterocycles. The number of imide groups is 1. The Morgan fingerprint density at radius 3 is 2.17 bits per heavy atom. The third-order valence-corrected chi connectivity index (χ3v) is 3.90. The first-order valence-corrected chi connectivity index (χ1v) is 6.51. The van der Waals surface area contributed by atoms with Crippen molar-refractivity contribution in [2.24, 2.45) is 17.8 Å². The third kappa shape index (κ3) is 2.13. The molecule has 1 N–H and O–H groups in total. The Bertz CT molecular complexity index is 368. The Kier molecular flexibility index (Phi) is 3.41. The highest BCUT2D eigenvalue weighted by Gasteiger charge is 2.49. The zero-order valence-electron chi connectivity index (χ0n) is 10.8. The molecule has 2 bridgehead atoms. The molecule has 5 nitrogen and oxygen atoms in total. The van der Waals surface area contributed by atoms with Gasteiger partial charge in [0.1, 0.15) is 6.04 Å². The average molecular weight is 253 g/mol. The van der Waals surface area contributed by atoms with Gasteiger partial charge in [-0.25, -0.2) is 4.79 Å². The third-order valence-electron chi connectivity index (χ3n) is 3.90. The number of nitrogens with zero attached hydrogens (tertiary/aromatic N) is 1. The molecular weight excluding hydrogens is 234 g/mol. The van der Waals surface area contributed by atoms with Crippen LogP contribution in [0.5, 0.6) is 0 Å². The average Bonchev–Trinajstić information content (AvgIpc) is 2.71. The quantitative estimate of drug-likeness (QED) is 0.766. The van der Waals surface area contributed by atoms with Crippen molar-refractivity contribution in [1.29, 1.82) is 0 Å². The summed E-state index contributed by atoms with van der Waals surface area (Å²) >= 11 is 0. The van der Waals surface area contributed by atoms with Gasteiger partial charge in [-0.15, -0.1) is 0 Å². The number of fused-ring (bicyclic) bond motifs is 2. The fraction of sp³-hybridized carbons (Fsp3) is 0.769. The molecule has 1 aliphatic carbocycles. The highest BCUT2D eigenvalue weighted by atomic mass is 16.4. The molecule has 2 amide bonds. The lowest BCUT2D eigenvalue weighted by atomic mass is 9.93. The van der Waals surface area contributed by atoms with Gasteiger partial charge in [-0.3, -0.25) is 14.5 Å². The summed E-state index contributed by atoms with van der Waals surface area (Å²) in [6, 6.07) is -0.992. The fourth-order valence-electron chi connectivity index (χ4n) is 3.00. The van der Waals surface area contributed by atoms with Gasteiger partial charge < -0.3 is 5.11 Å². The van der Waals surface area contributed by atoms with Crippen LogP contribution in [0.4, 0.5) is 0 Å². The molecule has 3 atom stereocenters. The van der Waals surface area contributed by atoms with Crippen LogP contribution in [0.1, 0.15) is 39.5 Å². The van der Waals surface area contributed by atoms with Crippen LogP contribution in [-0.2, 0) is 14.4 Å². The first-order valence-electron chi connectivity index (χ1n) is 6.51. The number of carboxylic acid groups (broad SMARTS) is 1. The monoisotopic (exact) mass is 253 g/mol. The molecular formula is C13H19NO4. The maximum absolute atomic E-state index is 12.2. The van der Waals surface area contributed by atoms with Crippen LogP contribution >= 0.6 is 0 Å². The van der Waals surface area contributed by atoms with Crippen molar-refractivity contribution in [2.75, 3.05) is 0 Å². The van der Waals surface area contributed by atoms with Gasteiger partial charge in [0.05, 0.1) is 0 Å². The first-order chi connectivity index (χ1) is 8.41. The van der Waals surface area contributed by atoms with E-state index in [1.807, 2.05) is 13.8 Å². The minimum absolute atomic E-state index is 0.131. The van der Waals surface area contributed by atoms with Gasteiger partial charge in [-0.05, 0) is 31.6 Å². The smallest absolute Gasteiger partial charge is 0.326 e. The van der Waals surface area contributed by atoms with Crippen molar-refractivity contribution in [3.05, 3.63) is 0 Å². The summed E-state index contributed by atoms with van der Waals surface area (Å²) in [4.78, 5) is 36.7. The zero-order valence-corrected chi connectivity index (χ0v) is 10.8. The summed E-state index contributed by atoms with van der Waals surface area (Å²) in [6.45, 7) is 3.78. The highest BCUT2D eigenvalue weighted by molar-refractivity contribution is 6.03. The van der Waals surface area contributed by atoms with E-state index < -0.39 is 12.0 Å². The molecule has 0 aromatic carbocycles. The van der Waals surface area contributed by atoms with E-state index in [4.69, 9.17) is 0 Å². The fourth-order valence-corrected chi connectivity index (χ4v) is 3.00.